The van der Waals surface area contributed by atoms with E-state index in [4.69, 9.17) is 28.9 Å². The first-order chi connectivity index (χ1) is 6.15. The second kappa shape index (κ2) is 4.70. The summed E-state index contributed by atoms with van der Waals surface area (Å²) < 4.78 is 0. The number of halogens is 2. The second-order valence-electron chi connectivity index (χ2n) is 2.80. The van der Waals surface area contributed by atoms with Gasteiger partial charge in [0.15, 0.2) is 0 Å². The lowest BCUT2D eigenvalue weighted by atomic mass is 10.2. The van der Waals surface area contributed by atoms with Gasteiger partial charge in [0.2, 0.25) is 0 Å². The zero-order chi connectivity index (χ0) is 9.84. The smallest absolute Gasteiger partial charge is 0.0641 e. The monoisotopic (exact) mass is 218 g/mol. The highest BCUT2D eigenvalue weighted by Gasteiger charge is 2.03. The molecule has 1 rings (SSSR count). The highest BCUT2D eigenvalue weighted by molar-refractivity contribution is 6.35. The van der Waals surface area contributed by atoms with E-state index < -0.39 is 0 Å². The fourth-order valence-corrected chi connectivity index (χ4v) is 1.44. The third kappa shape index (κ3) is 2.76. The molecule has 0 aliphatic heterocycles. The standard InChI is InChI=1S/C9H12Cl2N2/c1-6-4-8(11)9(5-7(6)10)13-3-2-12/h4-5,13H,2-3,12H2,1H3. The van der Waals surface area contributed by atoms with Crippen LogP contribution in [-0.2, 0) is 0 Å². The normalized spacial score (nSPS) is 10.2. The van der Waals surface area contributed by atoms with Crippen molar-refractivity contribution in [1.29, 1.82) is 0 Å². The average molecular weight is 219 g/mol. The molecule has 0 saturated carbocycles. The van der Waals surface area contributed by atoms with Crippen molar-refractivity contribution in [2.75, 3.05) is 18.4 Å². The first-order valence-electron chi connectivity index (χ1n) is 4.04. The summed E-state index contributed by atoms with van der Waals surface area (Å²) in [4.78, 5) is 0. The van der Waals surface area contributed by atoms with Crippen LogP contribution in [0.25, 0.3) is 0 Å². The van der Waals surface area contributed by atoms with Crippen molar-refractivity contribution < 1.29 is 0 Å². The molecule has 0 bridgehead atoms. The van der Waals surface area contributed by atoms with E-state index in [0.29, 0.717) is 23.1 Å². The maximum absolute atomic E-state index is 5.98. The van der Waals surface area contributed by atoms with E-state index in [9.17, 15) is 0 Å². The number of nitrogens with two attached hydrogens (primary N) is 1. The van der Waals surface area contributed by atoms with Crippen molar-refractivity contribution in [2.24, 2.45) is 5.73 Å². The molecule has 0 spiro atoms. The van der Waals surface area contributed by atoms with E-state index in [2.05, 4.69) is 5.32 Å². The summed E-state index contributed by atoms with van der Waals surface area (Å²) in [6.07, 6.45) is 0. The van der Waals surface area contributed by atoms with Gasteiger partial charge >= 0.3 is 0 Å². The average Bonchev–Trinajstić information content (AvgIpc) is 2.09. The van der Waals surface area contributed by atoms with Crippen molar-refractivity contribution in [3.63, 3.8) is 0 Å². The first kappa shape index (κ1) is 10.6. The molecule has 0 saturated heterocycles. The van der Waals surface area contributed by atoms with Crippen LogP contribution in [0.5, 0.6) is 0 Å². The quantitative estimate of drug-likeness (QED) is 0.820. The lowest BCUT2D eigenvalue weighted by Crippen LogP contribution is -2.13. The molecule has 1 aromatic carbocycles. The molecule has 0 unspecified atom stereocenters. The molecule has 0 heterocycles. The predicted molar refractivity (Wildman–Crippen MR) is 58.7 cm³/mol. The molecule has 13 heavy (non-hydrogen) atoms. The molecule has 0 radical (unpaired) electrons. The number of anilines is 1. The Hall–Kier alpha value is -0.440. The number of benzene rings is 1. The molecule has 0 aromatic heterocycles. The van der Waals surface area contributed by atoms with E-state index in [1.807, 2.05) is 19.1 Å². The molecular weight excluding hydrogens is 207 g/mol. The minimum absolute atomic E-state index is 0.571. The van der Waals surface area contributed by atoms with E-state index in [0.717, 1.165) is 11.3 Å². The Kier molecular flexibility index (Phi) is 3.85. The number of nitrogens with one attached hydrogen (secondary N) is 1. The summed E-state index contributed by atoms with van der Waals surface area (Å²) in [6, 6.07) is 3.65. The van der Waals surface area contributed by atoms with Gasteiger partial charge in [-0.2, -0.15) is 0 Å². The van der Waals surface area contributed by atoms with Gasteiger partial charge < -0.3 is 11.1 Å². The fourth-order valence-electron chi connectivity index (χ4n) is 0.989. The third-order valence-electron chi connectivity index (χ3n) is 1.71. The van der Waals surface area contributed by atoms with Crippen LogP contribution in [0, 0.1) is 6.92 Å². The van der Waals surface area contributed by atoms with Gasteiger partial charge in [0.25, 0.3) is 0 Å². The largest absolute Gasteiger partial charge is 0.383 e. The minimum Gasteiger partial charge on any atom is -0.383 e. The summed E-state index contributed by atoms with van der Waals surface area (Å²) in [5.41, 5.74) is 7.17. The van der Waals surface area contributed by atoms with Crippen molar-refractivity contribution >= 4 is 28.9 Å². The zero-order valence-electron chi connectivity index (χ0n) is 7.40. The number of hydrogen-bond donors (Lipinski definition) is 2. The van der Waals surface area contributed by atoms with Gasteiger partial charge in [-0.3, -0.25) is 0 Å². The Bertz CT molecular complexity index is 300. The fraction of sp³-hybridized carbons (Fsp3) is 0.333. The van der Waals surface area contributed by atoms with Gasteiger partial charge in [0, 0.05) is 18.1 Å². The molecule has 2 nitrogen and oxygen atoms in total. The number of aryl methyl sites for hydroxylation is 1. The number of hydrogen-bond acceptors (Lipinski definition) is 2. The summed E-state index contributed by atoms with van der Waals surface area (Å²) >= 11 is 11.9. The van der Waals surface area contributed by atoms with Gasteiger partial charge in [-0.1, -0.05) is 23.2 Å². The topological polar surface area (TPSA) is 38.0 Å². The van der Waals surface area contributed by atoms with Crippen molar-refractivity contribution in [2.45, 2.75) is 6.92 Å². The molecule has 72 valence electrons. The Morgan fingerprint density at radius 1 is 1.31 bits per heavy atom. The zero-order valence-corrected chi connectivity index (χ0v) is 8.91. The molecule has 3 N–H and O–H groups in total. The molecule has 0 amide bonds. The highest BCUT2D eigenvalue weighted by Crippen LogP contribution is 2.28. The van der Waals surface area contributed by atoms with Gasteiger partial charge in [-0.15, -0.1) is 0 Å². The van der Waals surface area contributed by atoms with Gasteiger partial charge in [0.1, 0.15) is 0 Å². The summed E-state index contributed by atoms with van der Waals surface area (Å²) in [6.45, 7) is 3.18. The van der Waals surface area contributed by atoms with Crippen LogP contribution < -0.4 is 11.1 Å². The predicted octanol–water partition coefficient (Wildman–Crippen LogP) is 2.67. The van der Waals surface area contributed by atoms with Gasteiger partial charge in [0.05, 0.1) is 10.7 Å². The van der Waals surface area contributed by atoms with Crippen LogP contribution >= 0.6 is 23.2 Å². The molecule has 1 aromatic rings. The maximum Gasteiger partial charge on any atom is 0.0641 e. The third-order valence-corrected chi connectivity index (χ3v) is 2.43. The Labute approximate surface area is 88.0 Å². The van der Waals surface area contributed by atoms with E-state index in [-0.39, 0.29) is 0 Å². The van der Waals surface area contributed by atoms with Crippen LogP contribution in [0.15, 0.2) is 12.1 Å². The molecule has 0 aliphatic carbocycles. The Morgan fingerprint density at radius 2 is 2.00 bits per heavy atom. The molecule has 0 aliphatic rings. The summed E-state index contributed by atoms with van der Waals surface area (Å²) in [5, 5.41) is 4.48. The number of rotatable bonds is 3. The highest BCUT2D eigenvalue weighted by atomic mass is 35.5. The Morgan fingerprint density at radius 3 is 2.62 bits per heavy atom. The van der Waals surface area contributed by atoms with E-state index >= 15 is 0 Å². The SMILES string of the molecule is Cc1cc(Cl)c(NCCN)cc1Cl. The van der Waals surface area contributed by atoms with Gasteiger partial charge in [-0.25, -0.2) is 0 Å². The molecule has 0 fully saturated rings. The van der Waals surface area contributed by atoms with Crippen molar-refractivity contribution in [1.82, 2.24) is 0 Å². The first-order valence-corrected chi connectivity index (χ1v) is 4.80. The second-order valence-corrected chi connectivity index (χ2v) is 3.61. The van der Waals surface area contributed by atoms with Crippen LogP contribution in [0.2, 0.25) is 10.0 Å². The van der Waals surface area contributed by atoms with Crippen LogP contribution in [0.1, 0.15) is 5.56 Å². The molecule has 0 atom stereocenters. The van der Waals surface area contributed by atoms with E-state index in [1.165, 1.54) is 0 Å². The lowest BCUT2D eigenvalue weighted by Gasteiger charge is -2.08. The van der Waals surface area contributed by atoms with Gasteiger partial charge in [-0.05, 0) is 24.6 Å². The maximum atomic E-state index is 5.98. The van der Waals surface area contributed by atoms with Crippen LogP contribution in [-0.4, -0.2) is 13.1 Å². The van der Waals surface area contributed by atoms with Crippen molar-refractivity contribution in [3.05, 3.63) is 27.7 Å². The molecular formula is C9H12Cl2N2. The van der Waals surface area contributed by atoms with Crippen LogP contribution in [0.4, 0.5) is 5.69 Å². The van der Waals surface area contributed by atoms with Crippen LogP contribution in [0.3, 0.4) is 0 Å². The summed E-state index contributed by atoms with van der Waals surface area (Å²) in [7, 11) is 0. The molecule has 4 heteroatoms. The lowest BCUT2D eigenvalue weighted by molar-refractivity contribution is 1.02. The van der Waals surface area contributed by atoms with Crippen molar-refractivity contribution in [3.8, 4) is 0 Å². The minimum atomic E-state index is 0.571. The van der Waals surface area contributed by atoms with E-state index in [1.54, 1.807) is 0 Å². The summed E-state index contributed by atoms with van der Waals surface area (Å²) in [5.74, 6) is 0. The Balaban J connectivity index is 2.88.